The van der Waals surface area contributed by atoms with Gasteiger partial charge in [0.05, 0.1) is 6.04 Å². The molecule has 0 amide bonds. The Kier molecular flexibility index (Phi) is 3.57. The second-order valence-corrected chi connectivity index (χ2v) is 4.86. The molecule has 1 fully saturated rings. The molecule has 100 valence electrons. The van der Waals surface area contributed by atoms with E-state index in [1.165, 1.54) is 12.8 Å². The normalized spacial score (nSPS) is 19.5. The minimum absolute atomic E-state index is 0.207. The standard InChI is InChI=1S/C14H18N4O/c15-9-10-4-6-11(7-5-10)13-17-14(19-18-13)12-3-1-2-8-16-12/h4-7,12,16H,1-3,8-9,15H2/t12-/m1/s1. The van der Waals surface area contributed by atoms with Gasteiger partial charge in [-0.05, 0) is 24.9 Å². The number of nitrogens with one attached hydrogen (secondary N) is 1. The molecule has 1 aromatic heterocycles. The van der Waals surface area contributed by atoms with Crippen molar-refractivity contribution in [2.75, 3.05) is 6.54 Å². The van der Waals surface area contributed by atoms with Crippen molar-refractivity contribution < 1.29 is 4.52 Å². The zero-order valence-corrected chi connectivity index (χ0v) is 10.8. The molecule has 0 saturated carbocycles. The molecule has 1 saturated heterocycles. The number of nitrogens with zero attached hydrogens (tertiary/aromatic N) is 2. The predicted molar refractivity (Wildman–Crippen MR) is 72.2 cm³/mol. The summed E-state index contributed by atoms with van der Waals surface area (Å²) in [6, 6.07) is 8.14. The summed E-state index contributed by atoms with van der Waals surface area (Å²) in [6.45, 7) is 1.57. The van der Waals surface area contributed by atoms with Crippen molar-refractivity contribution in [2.45, 2.75) is 31.8 Å². The van der Waals surface area contributed by atoms with Gasteiger partial charge in [0, 0.05) is 12.1 Å². The lowest BCUT2D eigenvalue weighted by Gasteiger charge is -2.19. The molecule has 0 spiro atoms. The van der Waals surface area contributed by atoms with Crippen LogP contribution in [0.15, 0.2) is 28.8 Å². The van der Waals surface area contributed by atoms with E-state index in [2.05, 4.69) is 15.5 Å². The van der Waals surface area contributed by atoms with Gasteiger partial charge in [-0.2, -0.15) is 4.98 Å². The number of hydrogen-bond acceptors (Lipinski definition) is 5. The lowest BCUT2D eigenvalue weighted by molar-refractivity contribution is 0.297. The smallest absolute Gasteiger partial charge is 0.244 e. The fourth-order valence-electron chi connectivity index (χ4n) is 2.35. The van der Waals surface area contributed by atoms with E-state index < -0.39 is 0 Å². The molecule has 0 bridgehead atoms. The molecule has 0 unspecified atom stereocenters. The lowest BCUT2D eigenvalue weighted by atomic mass is 10.1. The molecule has 1 aromatic carbocycles. The molecule has 0 radical (unpaired) electrons. The van der Waals surface area contributed by atoms with Crippen LogP contribution in [-0.2, 0) is 6.54 Å². The third-order valence-electron chi connectivity index (χ3n) is 3.50. The largest absolute Gasteiger partial charge is 0.337 e. The molecular formula is C14H18N4O. The van der Waals surface area contributed by atoms with Crippen molar-refractivity contribution in [1.82, 2.24) is 15.5 Å². The maximum atomic E-state index is 5.58. The number of aromatic nitrogens is 2. The number of piperidine rings is 1. The Hall–Kier alpha value is -1.72. The summed E-state index contributed by atoms with van der Waals surface area (Å²) < 4.78 is 5.37. The van der Waals surface area contributed by atoms with E-state index in [0.29, 0.717) is 18.3 Å². The molecule has 2 heterocycles. The van der Waals surface area contributed by atoms with Crippen LogP contribution in [0.4, 0.5) is 0 Å². The van der Waals surface area contributed by atoms with Crippen molar-refractivity contribution in [1.29, 1.82) is 0 Å². The number of benzene rings is 1. The molecule has 1 aliphatic rings. The molecule has 1 aliphatic heterocycles. The van der Waals surface area contributed by atoms with Gasteiger partial charge >= 0.3 is 0 Å². The Morgan fingerprint density at radius 2 is 2.11 bits per heavy atom. The Bertz CT molecular complexity index is 529. The van der Waals surface area contributed by atoms with Crippen molar-refractivity contribution in [3.05, 3.63) is 35.7 Å². The van der Waals surface area contributed by atoms with Crippen molar-refractivity contribution >= 4 is 0 Å². The summed E-state index contributed by atoms with van der Waals surface area (Å²) in [5.74, 6) is 1.34. The molecule has 3 N–H and O–H groups in total. The van der Waals surface area contributed by atoms with Gasteiger partial charge in [-0.1, -0.05) is 35.8 Å². The zero-order valence-electron chi connectivity index (χ0n) is 10.8. The van der Waals surface area contributed by atoms with Gasteiger partial charge in [-0.15, -0.1) is 0 Å². The fraction of sp³-hybridized carbons (Fsp3) is 0.429. The SMILES string of the molecule is NCc1ccc(-c2noc([C@H]3CCCCN3)n2)cc1. The highest BCUT2D eigenvalue weighted by atomic mass is 16.5. The molecule has 3 rings (SSSR count). The molecule has 5 nitrogen and oxygen atoms in total. The summed E-state index contributed by atoms with van der Waals surface area (Å²) in [6.07, 6.45) is 3.49. The average molecular weight is 258 g/mol. The quantitative estimate of drug-likeness (QED) is 0.880. The summed E-state index contributed by atoms with van der Waals surface area (Å²) in [5, 5.41) is 7.47. The van der Waals surface area contributed by atoms with Crippen LogP contribution in [0.5, 0.6) is 0 Å². The van der Waals surface area contributed by atoms with Crippen LogP contribution in [0.25, 0.3) is 11.4 Å². The van der Waals surface area contributed by atoms with Gasteiger partial charge in [0.25, 0.3) is 0 Å². The first-order valence-corrected chi connectivity index (χ1v) is 6.73. The van der Waals surface area contributed by atoms with E-state index >= 15 is 0 Å². The second-order valence-electron chi connectivity index (χ2n) is 4.86. The topological polar surface area (TPSA) is 77.0 Å². The van der Waals surface area contributed by atoms with Crippen LogP contribution in [0, 0.1) is 0 Å². The first kappa shape index (κ1) is 12.3. The molecule has 1 atom stereocenters. The van der Waals surface area contributed by atoms with Gasteiger partial charge < -0.3 is 15.6 Å². The summed E-state index contributed by atoms with van der Waals surface area (Å²) in [7, 11) is 0. The Morgan fingerprint density at radius 1 is 1.26 bits per heavy atom. The van der Waals surface area contributed by atoms with E-state index in [1.807, 2.05) is 24.3 Å². The fourth-order valence-corrected chi connectivity index (χ4v) is 2.35. The number of hydrogen-bond donors (Lipinski definition) is 2. The van der Waals surface area contributed by atoms with Crippen LogP contribution >= 0.6 is 0 Å². The summed E-state index contributed by atoms with van der Waals surface area (Å²) >= 11 is 0. The van der Waals surface area contributed by atoms with Crippen LogP contribution < -0.4 is 11.1 Å². The Balaban J connectivity index is 1.79. The first-order valence-electron chi connectivity index (χ1n) is 6.73. The lowest BCUT2D eigenvalue weighted by Crippen LogP contribution is -2.26. The van der Waals surface area contributed by atoms with Crippen LogP contribution in [0.1, 0.15) is 36.8 Å². The molecule has 5 heteroatoms. The van der Waals surface area contributed by atoms with E-state index in [4.69, 9.17) is 10.3 Å². The monoisotopic (exact) mass is 258 g/mol. The molecule has 19 heavy (non-hydrogen) atoms. The van der Waals surface area contributed by atoms with E-state index in [0.717, 1.165) is 24.1 Å². The minimum Gasteiger partial charge on any atom is -0.337 e. The van der Waals surface area contributed by atoms with Gasteiger partial charge in [0.1, 0.15) is 0 Å². The van der Waals surface area contributed by atoms with E-state index in [1.54, 1.807) is 0 Å². The Labute approximate surface area is 112 Å². The average Bonchev–Trinajstić information content (AvgIpc) is 2.98. The van der Waals surface area contributed by atoms with Crippen LogP contribution in [0.2, 0.25) is 0 Å². The predicted octanol–water partition coefficient (Wildman–Crippen LogP) is 2.01. The molecule has 0 aliphatic carbocycles. The molecule has 2 aromatic rings. The van der Waals surface area contributed by atoms with Gasteiger partial charge in [0.15, 0.2) is 0 Å². The molecular weight excluding hydrogens is 240 g/mol. The number of nitrogens with two attached hydrogens (primary N) is 1. The van der Waals surface area contributed by atoms with E-state index in [-0.39, 0.29) is 6.04 Å². The minimum atomic E-state index is 0.207. The summed E-state index contributed by atoms with van der Waals surface area (Å²) in [5.41, 5.74) is 7.64. The van der Waals surface area contributed by atoms with Crippen molar-refractivity contribution in [2.24, 2.45) is 5.73 Å². The third kappa shape index (κ3) is 2.67. The highest BCUT2D eigenvalue weighted by molar-refractivity contribution is 5.54. The van der Waals surface area contributed by atoms with Crippen LogP contribution in [-0.4, -0.2) is 16.7 Å². The van der Waals surface area contributed by atoms with Crippen LogP contribution in [0.3, 0.4) is 0 Å². The Morgan fingerprint density at radius 3 is 2.79 bits per heavy atom. The van der Waals surface area contributed by atoms with Gasteiger partial charge in [-0.25, -0.2) is 0 Å². The van der Waals surface area contributed by atoms with E-state index in [9.17, 15) is 0 Å². The van der Waals surface area contributed by atoms with Crippen molar-refractivity contribution in [3.8, 4) is 11.4 Å². The van der Waals surface area contributed by atoms with Crippen molar-refractivity contribution in [3.63, 3.8) is 0 Å². The highest BCUT2D eigenvalue weighted by Crippen LogP contribution is 2.24. The third-order valence-corrected chi connectivity index (χ3v) is 3.50. The first-order chi connectivity index (χ1) is 9.36. The van der Waals surface area contributed by atoms with Gasteiger partial charge in [-0.3, -0.25) is 0 Å². The maximum Gasteiger partial charge on any atom is 0.244 e. The summed E-state index contributed by atoms with van der Waals surface area (Å²) in [4.78, 5) is 4.49. The second kappa shape index (κ2) is 5.50. The maximum absolute atomic E-state index is 5.58. The highest BCUT2D eigenvalue weighted by Gasteiger charge is 2.21. The number of rotatable bonds is 3. The zero-order chi connectivity index (χ0) is 13.1. The van der Waals surface area contributed by atoms with Gasteiger partial charge in [0.2, 0.25) is 11.7 Å².